The summed E-state index contributed by atoms with van der Waals surface area (Å²) in [5, 5.41) is 46.7. The van der Waals surface area contributed by atoms with Crippen molar-refractivity contribution in [2.75, 3.05) is 58.1 Å². The summed E-state index contributed by atoms with van der Waals surface area (Å²) >= 11 is 0. The van der Waals surface area contributed by atoms with Crippen molar-refractivity contribution in [1.82, 2.24) is 30.3 Å². The zero-order chi connectivity index (χ0) is 35.9. The highest BCUT2D eigenvalue weighted by molar-refractivity contribution is 5.87. The number of dihydropyridines is 1. The van der Waals surface area contributed by atoms with E-state index in [9.17, 15) is 39.6 Å². The lowest BCUT2D eigenvalue weighted by molar-refractivity contribution is -0.157. The molecular weight excluding hydrogens is 640 g/mol. The van der Waals surface area contributed by atoms with Crippen LogP contribution in [0, 0.1) is 0 Å². The fourth-order valence-corrected chi connectivity index (χ4v) is 5.27. The van der Waals surface area contributed by atoms with Crippen molar-refractivity contribution in [2.24, 2.45) is 0 Å². The van der Waals surface area contributed by atoms with E-state index in [4.69, 9.17) is 15.5 Å². The molecule has 7 N–H and O–H groups in total. The zero-order valence-electron chi connectivity index (χ0n) is 26.8. The Labute approximate surface area is 280 Å². The van der Waals surface area contributed by atoms with Gasteiger partial charge in [0.2, 0.25) is 0 Å². The maximum Gasteiger partial charge on any atom is 0.319 e. The van der Waals surface area contributed by atoms with Gasteiger partial charge in [0.15, 0.2) is 5.66 Å². The van der Waals surface area contributed by atoms with E-state index in [1.165, 1.54) is 37.4 Å². The number of carbonyl (C=O) groups is 4. The second kappa shape index (κ2) is 15.2. The van der Waals surface area contributed by atoms with Gasteiger partial charge < -0.3 is 36.2 Å². The molecular formula is C32H36N8O9. The standard InChI is InChI=1S/C32H36N8O9/c1-37(39(16-28(41)42)17-29(43)44)27-9-6-7-23(35-27)24-14-21(20-10-11-25(49-3)22(33)13-20)15-32(36-24,26-8-4-5-12-34-26)38(2)40(18-30(45)46)19-31(47)48/h4-15,36H,16-19,33H2,1-3H3,(H,41,42)(H,43,44)(H,45,46)(H,47,48). The molecule has 0 radical (unpaired) electrons. The molecule has 0 saturated carbocycles. The highest BCUT2D eigenvalue weighted by Gasteiger charge is 2.43. The van der Waals surface area contributed by atoms with Crippen LogP contribution in [0.25, 0.3) is 11.3 Å². The van der Waals surface area contributed by atoms with Gasteiger partial charge in [-0.15, -0.1) is 0 Å². The molecule has 0 spiro atoms. The number of allylic oxidation sites excluding steroid dienone is 2. The first-order chi connectivity index (χ1) is 23.2. The molecule has 17 heteroatoms. The van der Waals surface area contributed by atoms with Crippen LogP contribution in [-0.2, 0) is 24.8 Å². The third kappa shape index (κ3) is 8.47. The number of pyridine rings is 2. The molecule has 0 amide bonds. The zero-order valence-corrected chi connectivity index (χ0v) is 26.8. The van der Waals surface area contributed by atoms with E-state index in [0.29, 0.717) is 39.7 Å². The molecule has 0 aliphatic carbocycles. The molecule has 0 bridgehead atoms. The van der Waals surface area contributed by atoms with E-state index in [2.05, 4.69) is 10.3 Å². The lowest BCUT2D eigenvalue weighted by Crippen LogP contribution is -2.62. The Morgan fingerprint density at radius 3 is 2.04 bits per heavy atom. The average Bonchev–Trinajstić information content (AvgIpc) is 3.06. The first kappa shape index (κ1) is 35.8. The number of hydrazine groups is 2. The van der Waals surface area contributed by atoms with Gasteiger partial charge in [0.25, 0.3) is 0 Å². The van der Waals surface area contributed by atoms with Crippen molar-refractivity contribution in [1.29, 1.82) is 0 Å². The SMILES string of the molecule is COc1ccc(C2=CC(c3ccccn3)(N(C)N(CC(=O)O)CC(=O)O)NC(c3cccc(N(C)N(CC(=O)O)CC(=O)O)n3)=C2)cc1N. The van der Waals surface area contributed by atoms with Crippen LogP contribution >= 0.6 is 0 Å². The Morgan fingerprint density at radius 2 is 1.49 bits per heavy atom. The molecule has 49 heavy (non-hydrogen) atoms. The molecule has 258 valence electrons. The maximum atomic E-state index is 11.9. The summed E-state index contributed by atoms with van der Waals surface area (Å²) in [6, 6.07) is 15.1. The minimum absolute atomic E-state index is 0.211. The van der Waals surface area contributed by atoms with E-state index >= 15 is 0 Å². The molecule has 1 aliphatic rings. The van der Waals surface area contributed by atoms with Gasteiger partial charge >= 0.3 is 23.9 Å². The van der Waals surface area contributed by atoms with Gasteiger partial charge in [0, 0.05) is 20.3 Å². The molecule has 1 unspecified atom stereocenters. The molecule has 4 rings (SSSR count). The molecule has 1 aromatic carbocycles. The number of likely N-dealkylation sites (N-methyl/N-ethyl adjacent to an activating group) is 1. The predicted octanol–water partition coefficient (Wildman–Crippen LogP) is 1.09. The van der Waals surface area contributed by atoms with Crippen LogP contribution in [0.1, 0.15) is 17.0 Å². The van der Waals surface area contributed by atoms with Crippen LogP contribution in [0.2, 0.25) is 0 Å². The van der Waals surface area contributed by atoms with Crippen molar-refractivity contribution in [3.05, 3.63) is 89.9 Å². The maximum absolute atomic E-state index is 11.9. The number of nitrogens with zero attached hydrogens (tertiary/aromatic N) is 6. The van der Waals surface area contributed by atoms with Gasteiger partial charge in [-0.3, -0.25) is 29.2 Å². The number of nitrogens with two attached hydrogens (primary N) is 1. The van der Waals surface area contributed by atoms with Crippen LogP contribution in [0.4, 0.5) is 11.5 Å². The van der Waals surface area contributed by atoms with Gasteiger partial charge in [-0.2, -0.15) is 5.01 Å². The average molecular weight is 677 g/mol. The van der Waals surface area contributed by atoms with E-state index < -0.39 is 55.7 Å². The summed E-state index contributed by atoms with van der Waals surface area (Å²) in [7, 11) is 4.49. The molecule has 17 nitrogen and oxygen atoms in total. The number of benzene rings is 1. The molecule has 3 heterocycles. The van der Waals surface area contributed by atoms with E-state index in [-0.39, 0.29) is 5.82 Å². The monoisotopic (exact) mass is 676 g/mol. The fraction of sp³-hybridized carbons (Fsp3) is 0.250. The van der Waals surface area contributed by atoms with Crippen LogP contribution < -0.4 is 20.8 Å². The smallest absolute Gasteiger partial charge is 0.319 e. The number of carboxylic acids is 4. The van der Waals surface area contributed by atoms with Crippen LogP contribution in [0.3, 0.4) is 0 Å². The predicted molar refractivity (Wildman–Crippen MR) is 177 cm³/mol. The number of hydrogen-bond donors (Lipinski definition) is 6. The van der Waals surface area contributed by atoms with E-state index in [1.807, 2.05) is 0 Å². The van der Waals surface area contributed by atoms with Gasteiger partial charge in [0.05, 0.1) is 29.9 Å². The number of aliphatic carboxylic acids is 4. The lowest BCUT2D eigenvalue weighted by Gasteiger charge is -2.47. The molecule has 0 saturated heterocycles. The molecule has 1 atom stereocenters. The number of nitrogen functional groups attached to an aromatic ring is 1. The number of methoxy groups -OCH3 is 1. The Hall–Kier alpha value is -6.04. The summed E-state index contributed by atoms with van der Waals surface area (Å²) in [5.74, 6) is -4.38. The molecule has 0 fully saturated rings. The third-order valence-corrected chi connectivity index (χ3v) is 7.58. The minimum Gasteiger partial charge on any atom is -0.495 e. The molecule has 1 aliphatic heterocycles. The van der Waals surface area contributed by atoms with Crippen molar-refractivity contribution < 1.29 is 44.3 Å². The summed E-state index contributed by atoms with van der Waals surface area (Å²) in [4.78, 5) is 56.2. The fourth-order valence-electron chi connectivity index (χ4n) is 5.27. The second-order valence-electron chi connectivity index (χ2n) is 10.9. The number of carboxylic acid groups (broad SMARTS) is 4. The van der Waals surface area contributed by atoms with Crippen molar-refractivity contribution in [3.63, 3.8) is 0 Å². The van der Waals surface area contributed by atoms with E-state index in [0.717, 1.165) is 10.0 Å². The largest absolute Gasteiger partial charge is 0.495 e. The number of nitrogens with one attached hydrogen (secondary N) is 1. The summed E-state index contributed by atoms with van der Waals surface area (Å²) in [6.07, 6.45) is 5.05. The van der Waals surface area contributed by atoms with Crippen molar-refractivity contribution >= 4 is 46.7 Å². The minimum atomic E-state index is -1.53. The Balaban J connectivity index is 1.95. The van der Waals surface area contributed by atoms with Crippen molar-refractivity contribution in [2.45, 2.75) is 5.66 Å². The Bertz CT molecular complexity index is 1750. The van der Waals surface area contributed by atoms with E-state index in [1.54, 1.807) is 66.7 Å². The Kier molecular flexibility index (Phi) is 11.1. The lowest BCUT2D eigenvalue weighted by atomic mass is 9.91. The first-order valence-corrected chi connectivity index (χ1v) is 14.6. The summed E-state index contributed by atoms with van der Waals surface area (Å²) in [5.41, 5.74) is 7.32. The Morgan fingerprint density at radius 1 is 0.857 bits per heavy atom. The normalized spacial score (nSPS) is 15.7. The van der Waals surface area contributed by atoms with Gasteiger partial charge in [-0.25, -0.2) is 15.0 Å². The summed E-state index contributed by atoms with van der Waals surface area (Å²) < 4.78 is 5.33. The van der Waals surface area contributed by atoms with Crippen LogP contribution in [0.5, 0.6) is 5.75 Å². The number of aromatic nitrogens is 2. The number of anilines is 2. The van der Waals surface area contributed by atoms with Gasteiger partial charge in [-0.1, -0.05) is 18.2 Å². The first-order valence-electron chi connectivity index (χ1n) is 14.6. The number of hydrogen-bond acceptors (Lipinski definition) is 13. The highest BCUT2D eigenvalue weighted by atomic mass is 16.5. The van der Waals surface area contributed by atoms with Gasteiger partial charge in [0.1, 0.15) is 37.7 Å². The molecule has 3 aromatic rings. The second-order valence-corrected chi connectivity index (χ2v) is 10.9. The summed E-state index contributed by atoms with van der Waals surface area (Å²) in [6.45, 7) is -2.56. The van der Waals surface area contributed by atoms with Crippen LogP contribution in [-0.4, -0.2) is 117 Å². The molecule has 2 aromatic heterocycles. The van der Waals surface area contributed by atoms with Gasteiger partial charge in [-0.05, 0) is 59.7 Å². The quantitative estimate of drug-likeness (QED) is 0.0920. The van der Waals surface area contributed by atoms with Crippen molar-refractivity contribution in [3.8, 4) is 5.75 Å². The topological polar surface area (TPSA) is 235 Å². The number of rotatable bonds is 16. The van der Waals surface area contributed by atoms with Crippen LogP contribution in [0.15, 0.2) is 72.9 Å². The highest BCUT2D eigenvalue weighted by Crippen LogP contribution is 2.39. The number of ether oxygens (including phenoxy) is 1. The third-order valence-electron chi connectivity index (χ3n) is 7.58.